The van der Waals surface area contributed by atoms with Gasteiger partial charge in [0.2, 0.25) is 5.91 Å². The van der Waals surface area contributed by atoms with Crippen LogP contribution in [0.3, 0.4) is 0 Å². The first-order chi connectivity index (χ1) is 10.7. The normalized spacial score (nSPS) is 15.5. The number of aromatic nitrogens is 3. The summed E-state index contributed by atoms with van der Waals surface area (Å²) in [6.45, 7) is 2.83. The molecule has 0 aromatic carbocycles. The largest absolute Gasteiger partial charge is 0.347 e. The third kappa shape index (κ3) is 3.72. The molecule has 0 radical (unpaired) electrons. The third-order valence-electron chi connectivity index (χ3n) is 4.10. The first-order valence-electron chi connectivity index (χ1n) is 7.92. The Kier molecular flexibility index (Phi) is 4.51. The Balaban J connectivity index is 1.55. The molecular weight excluding hydrogens is 276 g/mol. The maximum atomic E-state index is 12.2. The number of rotatable bonds is 7. The van der Waals surface area contributed by atoms with Crippen LogP contribution in [-0.4, -0.2) is 20.7 Å². The number of aryl methyl sites for hydroxylation is 2. The summed E-state index contributed by atoms with van der Waals surface area (Å²) in [6, 6.07) is 5.96. The Labute approximate surface area is 130 Å². The highest BCUT2D eigenvalue weighted by Crippen LogP contribution is 2.41. The summed E-state index contributed by atoms with van der Waals surface area (Å²) in [5, 5.41) is 7.33. The van der Waals surface area contributed by atoms with Gasteiger partial charge in [-0.25, -0.2) is 0 Å². The molecule has 1 atom stereocenters. The number of nitrogens with zero attached hydrogens (tertiary/aromatic N) is 3. The fraction of sp³-hybridized carbons (Fsp3) is 0.471. The van der Waals surface area contributed by atoms with Crippen LogP contribution in [0.2, 0.25) is 0 Å². The second kappa shape index (κ2) is 6.73. The summed E-state index contributed by atoms with van der Waals surface area (Å²) in [5.74, 6) is 0.651. The lowest BCUT2D eigenvalue weighted by atomic mass is 10.0. The van der Waals surface area contributed by atoms with Crippen LogP contribution in [0.4, 0.5) is 0 Å². The molecule has 22 heavy (non-hydrogen) atoms. The van der Waals surface area contributed by atoms with E-state index in [2.05, 4.69) is 28.4 Å². The van der Waals surface area contributed by atoms with E-state index < -0.39 is 0 Å². The highest BCUT2D eigenvalue weighted by molar-refractivity contribution is 5.76. The summed E-state index contributed by atoms with van der Waals surface area (Å²) in [5.41, 5.74) is 2.17. The molecule has 1 saturated carbocycles. The smallest absolute Gasteiger partial charge is 0.220 e. The first kappa shape index (κ1) is 14.8. The number of hydrogen-bond acceptors (Lipinski definition) is 3. The van der Waals surface area contributed by atoms with Crippen LogP contribution in [0.15, 0.2) is 36.8 Å². The second-order valence-corrected chi connectivity index (χ2v) is 5.96. The van der Waals surface area contributed by atoms with Crippen molar-refractivity contribution in [1.29, 1.82) is 0 Å². The van der Waals surface area contributed by atoms with Crippen molar-refractivity contribution in [2.24, 2.45) is 5.92 Å². The minimum absolute atomic E-state index is 0.0680. The first-order valence-corrected chi connectivity index (χ1v) is 7.92. The van der Waals surface area contributed by atoms with Gasteiger partial charge in [0.05, 0.1) is 11.7 Å². The standard InChI is InChI=1S/C17H22N4O/c1-13-5-2-9-18-16(13)17(14-7-8-14)20-15(22)6-3-11-21-12-4-10-19-21/h2,4-5,9-10,12,14,17H,3,6-8,11H2,1H3,(H,20,22). The van der Waals surface area contributed by atoms with E-state index in [1.807, 2.05) is 29.2 Å². The minimum Gasteiger partial charge on any atom is -0.347 e. The molecule has 2 aromatic rings. The fourth-order valence-electron chi connectivity index (χ4n) is 2.74. The highest BCUT2D eigenvalue weighted by Gasteiger charge is 2.34. The van der Waals surface area contributed by atoms with Gasteiger partial charge in [-0.15, -0.1) is 0 Å². The molecule has 2 aromatic heterocycles. The lowest BCUT2D eigenvalue weighted by Crippen LogP contribution is -2.31. The van der Waals surface area contributed by atoms with Crippen molar-refractivity contribution in [3.63, 3.8) is 0 Å². The third-order valence-corrected chi connectivity index (χ3v) is 4.10. The topological polar surface area (TPSA) is 59.8 Å². The summed E-state index contributed by atoms with van der Waals surface area (Å²) in [4.78, 5) is 16.7. The van der Waals surface area contributed by atoms with Gasteiger partial charge in [0.15, 0.2) is 0 Å². The predicted molar refractivity (Wildman–Crippen MR) is 84.0 cm³/mol. The average molecular weight is 298 g/mol. The molecule has 1 aliphatic carbocycles. The van der Waals surface area contributed by atoms with Crippen molar-refractivity contribution >= 4 is 5.91 Å². The number of carbonyl (C=O) groups excluding carboxylic acids is 1. The summed E-state index contributed by atoms with van der Waals surface area (Å²) in [7, 11) is 0. The Morgan fingerprint density at radius 2 is 2.27 bits per heavy atom. The highest BCUT2D eigenvalue weighted by atomic mass is 16.1. The van der Waals surface area contributed by atoms with Crippen molar-refractivity contribution in [3.8, 4) is 0 Å². The van der Waals surface area contributed by atoms with Gasteiger partial charge in [-0.2, -0.15) is 5.10 Å². The molecule has 1 amide bonds. The zero-order valence-corrected chi connectivity index (χ0v) is 12.9. The molecule has 1 N–H and O–H groups in total. The fourth-order valence-corrected chi connectivity index (χ4v) is 2.74. The molecule has 1 fully saturated rings. The molecule has 5 nitrogen and oxygen atoms in total. The van der Waals surface area contributed by atoms with Crippen molar-refractivity contribution in [3.05, 3.63) is 48.0 Å². The van der Waals surface area contributed by atoms with Crippen LogP contribution in [0.5, 0.6) is 0 Å². The van der Waals surface area contributed by atoms with Gasteiger partial charge >= 0.3 is 0 Å². The molecule has 3 rings (SSSR count). The van der Waals surface area contributed by atoms with Crippen molar-refractivity contribution in [2.75, 3.05) is 0 Å². The van der Waals surface area contributed by atoms with Gasteiger partial charge < -0.3 is 5.32 Å². The van der Waals surface area contributed by atoms with Crippen LogP contribution in [0.1, 0.15) is 43.0 Å². The monoisotopic (exact) mass is 298 g/mol. The molecule has 5 heteroatoms. The van der Waals surface area contributed by atoms with Crippen molar-refractivity contribution < 1.29 is 4.79 Å². The maximum Gasteiger partial charge on any atom is 0.220 e. The Hall–Kier alpha value is -2.17. The Morgan fingerprint density at radius 1 is 1.41 bits per heavy atom. The SMILES string of the molecule is Cc1cccnc1C(NC(=O)CCCn1cccn1)C1CC1. The molecule has 1 unspecified atom stereocenters. The number of carbonyl (C=O) groups is 1. The van der Waals surface area contributed by atoms with E-state index in [4.69, 9.17) is 0 Å². The molecule has 0 bridgehead atoms. The van der Waals surface area contributed by atoms with E-state index in [-0.39, 0.29) is 11.9 Å². The number of nitrogens with one attached hydrogen (secondary N) is 1. The van der Waals surface area contributed by atoms with Crippen molar-refractivity contribution in [2.45, 2.75) is 45.2 Å². The molecular formula is C17H22N4O. The van der Waals surface area contributed by atoms with Gasteiger partial charge in [0.1, 0.15) is 0 Å². The van der Waals surface area contributed by atoms with Crippen molar-refractivity contribution in [1.82, 2.24) is 20.1 Å². The zero-order valence-electron chi connectivity index (χ0n) is 12.9. The van der Waals surface area contributed by atoms with E-state index in [1.54, 1.807) is 6.20 Å². The van der Waals surface area contributed by atoms with Crippen LogP contribution in [-0.2, 0) is 11.3 Å². The minimum atomic E-state index is 0.0680. The lowest BCUT2D eigenvalue weighted by Gasteiger charge is -2.19. The summed E-state index contributed by atoms with van der Waals surface area (Å²) in [6.07, 6.45) is 9.15. The van der Waals surface area contributed by atoms with Gasteiger partial charge in [-0.1, -0.05) is 6.07 Å². The predicted octanol–water partition coefficient (Wildman–Crippen LogP) is 2.63. The van der Waals surface area contributed by atoms with Gasteiger partial charge in [-0.05, 0) is 49.8 Å². The zero-order chi connectivity index (χ0) is 15.4. The maximum absolute atomic E-state index is 12.2. The van der Waals surface area contributed by atoms with Crippen LogP contribution in [0, 0.1) is 12.8 Å². The number of pyridine rings is 1. The van der Waals surface area contributed by atoms with Gasteiger partial charge in [0, 0.05) is 31.6 Å². The van der Waals surface area contributed by atoms with Gasteiger partial charge in [0.25, 0.3) is 0 Å². The van der Waals surface area contributed by atoms with Crippen LogP contribution in [0.25, 0.3) is 0 Å². The van der Waals surface area contributed by atoms with Crippen LogP contribution < -0.4 is 5.32 Å². The number of amides is 1. The van der Waals surface area contributed by atoms with Crippen LogP contribution >= 0.6 is 0 Å². The van der Waals surface area contributed by atoms with Gasteiger partial charge in [-0.3, -0.25) is 14.5 Å². The molecule has 116 valence electrons. The van der Waals surface area contributed by atoms with E-state index >= 15 is 0 Å². The van der Waals surface area contributed by atoms with E-state index in [1.165, 1.54) is 12.8 Å². The Morgan fingerprint density at radius 3 is 2.95 bits per heavy atom. The molecule has 0 aliphatic heterocycles. The molecule has 1 aliphatic rings. The summed E-state index contributed by atoms with van der Waals surface area (Å²) >= 11 is 0. The lowest BCUT2D eigenvalue weighted by molar-refractivity contribution is -0.122. The van der Waals surface area contributed by atoms with E-state index in [9.17, 15) is 4.79 Å². The molecule has 0 spiro atoms. The summed E-state index contributed by atoms with van der Waals surface area (Å²) < 4.78 is 1.86. The average Bonchev–Trinajstić information content (AvgIpc) is 3.23. The molecule has 2 heterocycles. The number of hydrogen-bond donors (Lipinski definition) is 1. The quantitative estimate of drug-likeness (QED) is 0.855. The molecule has 0 saturated heterocycles. The van der Waals surface area contributed by atoms with E-state index in [0.29, 0.717) is 12.3 Å². The second-order valence-electron chi connectivity index (χ2n) is 5.96. The van der Waals surface area contributed by atoms with E-state index in [0.717, 1.165) is 24.2 Å². The Bertz CT molecular complexity index is 619.